The minimum Gasteiger partial charge on any atom is -0.384 e. The molecule has 0 radical (unpaired) electrons. The van der Waals surface area contributed by atoms with Gasteiger partial charge in [0, 0.05) is 44.3 Å². The van der Waals surface area contributed by atoms with Gasteiger partial charge >= 0.3 is 0 Å². The molecule has 1 atom stereocenters. The average Bonchev–Trinajstić information content (AvgIpc) is 3.67. The van der Waals surface area contributed by atoms with E-state index in [4.69, 9.17) is 9.72 Å². The first-order chi connectivity index (χ1) is 15.9. The van der Waals surface area contributed by atoms with Crippen molar-refractivity contribution in [1.29, 1.82) is 5.26 Å². The number of amides is 1. The topological polar surface area (TPSA) is 95.2 Å². The molecule has 33 heavy (non-hydrogen) atoms. The molecular weight excluding hydrogens is 423 g/mol. The predicted octanol–water partition coefficient (Wildman–Crippen LogP) is 3.30. The summed E-state index contributed by atoms with van der Waals surface area (Å²) in [4.78, 5) is 29.6. The van der Waals surface area contributed by atoms with Crippen LogP contribution in [0.3, 0.4) is 0 Å². The van der Waals surface area contributed by atoms with Crippen LogP contribution in [0.25, 0.3) is 17.1 Å². The zero-order chi connectivity index (χ0) is 23.5. The normalized spacial score (nSPS) is 18.2. The van der Waals surface area contributed by atoms with Crippen LogP contribution < -0.4 is 4.90 Å². The Hall–Kier alpha value is -3.38. The van der Waals surface area contributed by atoms with E-state index in [0.29, 0.717) is 49.7 Å². The Kier molecular flexibility index (Phi) is 6.65. The van der Waals surface area contributed by atoms with E-state index in [1.165, 1.54) is 6.33 Å². The molecule has 0 aromatic carbocycles. The van der Waals surface area contributed by atoms with Gasteiger partial charge in [-0.2, -0.15) is 5.26 Å². The molecule has 2 fully saturated rings. The Morgan fingerprint density at radius 2 is 2.12 bits per heavy atom. The molecule has 8 nitrogen and oxygen atoms in total. The van der Waals surface area contributed by atoms with E-state index in [2.05, 4.69) is 27.5 Å². The van der Waals surface area contributed by atoms with E-state index in [9.17, 15) is 14.4 Å². The average molecular weight is 451 g/mol. The van der Waals surface area contributed by atoms with E-state index in [1.807, 2.05) is 11.8 Å². The molecule has 9 heteroatoms. The van der Waals surface area contributed by atoms with Crippen molar-refractivity contribution in [2.24, 2.45) is 0 Å². The van der Waals surface area contributed by atoms with Crippen molar-refractivity contribution in [3.8, 4) is 17.3 Å². The van der Waals surface area contributed by atoms with Gasteiger partial charge in [-0.15, -0.1) is 0 Å². The standard InChI is InChI=1S/C24H27FN6O2/c1-15-13-30(7-8-31(15)22(32)6-9-33-3)24-18(12-26)10-19(23(29-24)17-4-5-17)21-11-20(16(2)25)27-14-28-21/h10-11,14-15,17H,2,4-9,13H2,1,3H3. The molecular formula is C24H27FN6O2. The van der Waals surface area contributed by atoms with Gasteiger partial charge in [0.05, 0.1) is 30.0 Å². The maximum absolute atomic E-state index is 13.7. The number of rotatable bonds is 7. The minimum absolute atomic E-state index is 0.0134. The predicted molar refractivity (Wildman–Crippen MR) is 122 cm³/mol. The van der Waals surface area contributed by atoms with E-state index >= 15 is 0 Å². The molecule has 3 heterocycles. The van der Waals surface area contributed by atoms with Crippen LogP contribution in [0.4, 0.5) is 10.2 Å². The highest BCUT2D eigenvalue weighted by Crippen LogP contribution is 2.44. The summed E-state index contributed by atoms with van der Waals surface area (Å²) in [5.41, 5.74) is 2.67. The second kappa shape index (κ2) is 9.63. The lowest BCUT2D eigenvalue weighted by atomic mass is 10.0. The van der Waals surface area contributed by atoms with Gasteiger partial charge in [0.25, 0.3) is 0 Å². The summed E-state index contributed by atoms with van der Waals surface area (Å²) in [6.45, 7) is 7.46. The summed E-state index contributed by atoms with van der Waals surface area (Å²) >= 11 is 0. The Morgan fingerprint density at radius 1 is 1.33 bits per heavy atom. The van der Waals surface area contributed by atoms with Gasteiger partial charge in [-0.1, -0.05) is 6.58 Å². The first kappa shape index (κ1) is 22.8. The van der Waals surface area contributed by atoms with Crippen LogP contribution in [0.15, 0.2) is 25.0 Å². The van der Waals surface area contributed by atoms with Gasteiger partial charge in [0.1, 0.15) is 29.7 Å². The quantitative estimate of drug-likeness (QED) is 0.639. The number of nitrogens with zero attached hydrogens (tertiary/aromatic N) is 6. The highest BCUT2D eigenvalue weighted by atomic mass is 19.1. The van der Waals surface area contributed by atoms with Crippen LogP contribution in [-0.2, 0) is 9.53 Å². The Bertz CT molecular complexity index is 1110. The molecule has 172 valence electrons. The number of carbonyl (C=O) groups excluding carboxylic acids is 1. The number of ether oxygens (including phenoxy) is 1. The SMILES string of the molecule is C=C(F)c1cc(-c2cc(C#N)c(N3CCN(C(=O)CCOC)C(C)C3)nc2C2CC2)ncn1. The molecule has 0 bridgehead atoms. The van der Waals surface area contributed by atoms with Crippen molar-refractivity contribution in [2.75, 3.05) is 38.3 Å². The molecule has 1 aliphatic heterocycles. The number of carbonyl (C=O) groups is 1. The van der Waals surface area contributed by atoms with Crippen LogP contribution in [-0.4, -0.2) is 65.2 Å². The number of methoxy groups -OCH3 is 1. The number of anilines is 1. The molecule has 2 aromatic heterocycles. The molecule has 1 saturated carbocycles. The summed E-state index contributed by atoms with van der Waals surface area (Å²) < 4.78 is 18.7. The summed E-state index contributed by atoms with van der Waals surface area (Å²) in [7, 11) is 1.58. The number of hydrogen-bond acceptors (Lipinski definition) is 7. The number of piperazine rings is 1. The number of pyridine rings is 1. The molecule has 2 aromatic rings. The van der Waals surface area contributed by atoms with Gasteiger partial charge in [-0.25, -0.2) is 19.3 Å². The Labute approximate surface area is 192 Å². The van der Waals surface area contributed by atoms with Crippen molar-refractivity contribution in [3.63, 3.8) is 0 Å². The van der Waals surface area contributed by atoms with Crippen LogP contribution in [0, 0.1) is 11.3 Å². The van der Waals surface area contributed by atoms with E-state index in [-0.39, 0.29) is 23.6 Å². The molecule has 1 amide bonds. The van der Waals surface area contributed by atoms with Gasteiger partial charge < -0.3 is 14.5 Å². The molecule has 0 N–H and O–H groups in total. The van der Waals surface area contributed by atoms with Gasteiger partial charge in [0.15, 0.2) is 0 Å². The third-order valence-corrected chi connectivity index (χ3v) is 6.10. The lowest BCUT2D eigenvalue weighted by Crippen LogP contribution is -2.54. The Morgan fingerprint density at radius 3 is 2.76 bits per heavy atom. The van der Waals surface area contributed by atoms with Gasteiger partial charge in [-0.05, 0) is 31.9 Å². The monoisotopic (exact) mass is 450 g/mol. The molecule has 1 aliphatic carbocycles. The van der Waals surface area contributed by atoms with Crippen LogP contribution in [0.5, 0.6) is 0 Å². The third-order valence-electron chi connectivity index (χ3n) is 6.10. The highest BCUT2D eigenvalue weighted by molar-refractivity contribution is 5.77. The second-order valence-electron chi connectivity index (χ2n) is 8.50. The number of aromatic nitrogens is 3. The van der Waals surface area contributed by atoms with Gasteiger partial charge in [0.2, 0.25) is 5.91 Å². The molecule has 1 unspecified atom stereocenters. The number of hydrogen-bond donors (Lipinski definition) is 0. The number of halogens is 1. The summed E-state index contributed by atoms with van der Waals surface area (Å²) in [6.07, 6.45) is 3.68. The van der Waals surface area contributed by atoms with Crippen molar-refractivity contribution in [2.45, 2.75) is 38.1 Å². The second-order valence-corrected chi connectivity index (χ2v) is 8.50. The summed E-state index contributed by atoms with van der Waals surface area (Å²) in [6, 6.07) is 5.59. The van der Waals surface area contributed by atoms with Crippen LogP contribution in [0.1, 0.15) is 49.1 Å². The zero-order valence-electron chi connectivity index (χ0n) is 18.9. The maximum atomic E-state index is 13.7. The summed E-state index contributed by atoms with van der Waals surface area (Å²) in [5.74, 6) is 0.347. The fourth-order valence-electron chi connectivity index (χ4n) is 4.22. The van der Waals surface area contributed by atoms with Crippen LogP contribution >= 0.6 is 0 Å². The Balaban J connectivity index is 1.65. The smallest absolute Gasteiger partial charge is 0.225 e. The van der Waals surface area contributed by atoms with Crippen molar-refractivity contribution >= 4 is 17.6 Å². The summed E-state index contributed by atoms with van der Waals surface area (Å²) in [5, 5.41) is 9.91. The first-order valence-electron chi connectivity index (χ1n) is 11.1. The van der Waals surface area contributed by atoms with Crippen molar-refractivity contribution in [1.82, 2.24) is 19.9 Å². The van der Waals surface area contributed by atoms with Crippen molar-refractivity contribution < 1.29 is 13.9 Å². The fraction of sp³-hybridized carbons (Fsp3) is 0.458. The van der Waals surface area contributed by atoms with Gasteiger partial charge in [-0.3, -0.25) is 4.79 Å². The molecule has 1 saturated heterocycles. The molecule has 4 rings (SSSR count). The fourth-order valence-corrected chi connectivity index (χ4v) is 4.22. The molecule has 0 spiro atoms. The highest BCUT2D eigenvalue weighted by Gasteiger charge is 2.33. The lowest BCUT2D eigenvalue weighted by Gasteiger charge is -2.41. The van der Waals surface area contributed by atoms with E-state index in [0.717, 1.165) is 24.1 Å². The van der Waals surface area contributed by atoms with Crippen molar-refractivity contribution in [3.05, 3.63) is 42.0 Å². The minimum atomic E-state index is -0.636. The number of nitriles is 1. The third kappa shape index (κ3) is 4.86. The zero-order valence-corrected chi connectivity index (χ0v) is 18.9. The lowest BCUT2D eigenvalue weighted by molar-refractivity contribution is -0.134. The molecule has 2 aliphatic rings. The first-order valence-corrected chi connectivity index (χ1v) is 11.1. The van der Waals surface area contributed by atoms with Crippen LogP contribution in [0.2, 0.25) is 0 Å². The van der Waals surface area contributed by atoms with E-state index in [1.54, 1.807) is 19.2 Å². The largest absolute Gasteiger partial charge is 0.384 e. The maximum Gasteiger partial charge on any atom is 0.225 e. The van der Waals surface area contributed by atoms with E-state index < -0.39 is 5.83 Å².